The van der Waals surface area contributed by atoms with Crippen LogP contribution in [0.4, 0.5) is 0 Å². The highest BCUT2D eigenvalue weighted by Gasteiger charge is 2.36. The van der Waals surface area contributed by atoms with E-state index < -0.39 is 6.17 Å². The molecule has 0 radical (unpaired) electrons. The van der Waals surface area contributed by atoms with Crippen LogP contribution in [-0.4, -0.2) is 21.8 Å². The summed E-state index contributed by atoms with van der Waals surface area (Å²) in [6.45, 7) is 2.19. The van der Waals surface area contributed by atoms with E-state index >= 15 is 0 Å². The number of carbonyl (C=O) groups excluding carboxylic acids is 1. The standard InChI is InChI=1S/C22H22Cl2N4OS/c1-2-3-4-7-13-30-22-26-21(29)19-14-9-5-6-12-17(14)25-20(28(19)27-22)18-15(23)10-8-11-16(18)24/h5-6,8-12,20H,2-4,7,13H2,1H3,(H,26,27,29)/t20-/m1/s1. The Labute approximate surface area is 189 Å². The number of thioether (sulfide) groups is 1. The number of benzene rings is 2. The number of fused-ring (bicyclic) bond motifs is 2. The highest BCUT2D eigenvalue weighted by Crippen LogP contribution is 2.38. The number of amidine groups is 1. The molecule has 156 valence electrons. The minimum Gasteiger partial charge on any atom is -0.298 e. The second-order valence-corrected chi connectivity index (χ2v) is 9.01. The van der Waals surface area contributed by atoms with Gasteiger partial charge in [-0.3, -0.25) is 15.1 Å². The van der Waals surface area contributed by atoms with E-state index in [1.54, 1.807) is 35.0 Å². The number of unbranched alkanes of at least 4 members (excludes halogenated alkanes) is 3. The van der Waals surface area contributed by atoms with Crippen LogP contribution in [-0.2, 0) is 4.79 Å². The molecule has 0 aromatic heterocycles. The van der Waals surface area contributed by atoms with Gasteiger partial charge in [0.15, 0.2) is 11.3 Å². The van der Waals surface area contributed by atoms with Crippen LogP contribution in [0.25, 0.3) is 5.70 Å². The zero-order chi connectivity index (χ0) is 21.1. The van der Waals surface area contributed by atoms with Gasteiger partial charge >= 0.3 is 0 Å². The normalized spacial score (nSPS) is 17.6. The van der Waals surface area contributed by atoms with Gasteiger partial charge in [0.2, 0.25) is 0 Å². The molecule has 1 N–H and O–H groups in total. The lowest BCUT2D eigenvalue weighted by Gasteiger charge is -2.34. The van der Waals surface area contributed by atoms with Crippen LogP contribution >= 0.6 is 35.0 Å². The number of halogens is 2. The summed E-state index contributed by atoms with van der Waals surface area (Å²) in [5, 5.41) is 12.3. The summed E-state index contributed by atoms with van der Waals surface area (Å²) >= 11 is 14.5. The highest BCUT2D eigenvalue weighted by molar-refractivity contribution is 8.13. The quantitative estimate of drug-likeness (QED) is 0.647. The van der Waals surface area contributed by atoms with Crippen LogP contribution < -0.4 is 15.9 Å². The third-order valence-electron chi connectivity index (χ3n) is 5.01. The SMILES string of the molecule is CCCCCCSC1=NN2C(=c3ccccc3=N[C@H]2c2c(Cl)cccc2Cl)C(=O)N1. The van der Waals surface area contributed by atoms with E-state index in [0.29, 0.717) is 31.8 Å². The lowest BCUT2D eigenvalue weighted by molar-refractivity contribution is -0.116. The van der Waals surface area contributed by atoms with Crippen molar-refractivity contribution in [1.82, 2.24) is 10.3 Å². The fraction of sp³-hybridized carbons (Fsp3) is 0.318. The number of hydrazone groups is 1. The zero-order valence-corrected chi connectivity index (χ0v) is 18.9. The van der Waals surface area contributed by atoms with Crippen molar-refractivity contribution in [2.24, 2.45) is 10.1 Å². The van der Waals surface area contributed by atoms with Gasteiger partial charge in [0, 0.05) is 26.6 Å². The van der Waals surface area contributed by atoms with Gasteiger partial charge in [0.05, 0.1) is 5.36 Å². The summed E-state index contributed by atoms with van der Waals surface area (Å²) in [6, 6.07) is 12.9. The van der Waals surface area contributed by atoms with Crippen molar-refractivity contribution >= 4 is 51.7 Å². The Morgan fingerprint density at radius 2 is 1.83 bits per heavy atom. The Balaban J connectivity index is 1.76. The number of nitrogens with zero attached hydrogens (tertiary/aromatic N) is 3. The molecule has 5 nitrogen and oxygen atoms in total. The molecule has 0 fully saturated rings. The number of para-hydroxylation sites is 1. The molecule has 2 heterocycles. The van der Waals surface area contributed by atoms with Crippen LogP contribution in [0, 0.1) is 0 Å². The highest BCUT2D eigenvalue weighted by atomic mass is 35.5. The maximum atomic E-state index is 13.1. The third-order valence-corrected chi connectivity index (χ3v) is 6.62. The van der Waals surface area contributed by atoms with Crippen LogP contribution in [0.2, 0.25) is 10.0 Å². The first-order valence-corrected chi connectivity index (χ1v) is 11.8. The molecule has 30 heavy (non-hydrogen) atoms. The van der Waals surface area contributed by atoms with Crippen molar-refractivity contribution in [1.29, 1.82) is 0 Å². The Kier molecular flexibility index (Phi) is 6.66. The van der Waals surface area contributed by atoms with E-state index in [1.165, 1.54) is 19.3 Å². The Morgan fingerprint density at radius 3 is 2.60 bits per heavy atom. The van der Waals surface area contributed by atoms with Gasteiger partial charge in [0.1, 0.15) is 5.70 Å². The van der Waals surface area contributed by atoms with Crippen LogP contribution in [0.1, 0.15) is 44.3 Å². The molecule has 0 bridgehead atoms. The molecule has 2 aliphatic heterocycles. The fourth-order valence-electron chi connectivity index (χ4n) is 3.54. The number of hydrogen-bond donors (Lipinski definition) is 1. The van der Waals surface area contributed by atoms with E-state index in [4.69, 9.17) is 33.3 Å². The molecule has 2 aromatic carbocycles. The first-order valence-electron chi connectivity index (χ1n) is 10.0. The topological polar surface area (TPSA) is 57.1 Å². The predicted octanol–water partition coefficient (Wildman–Crippen LogP) is 4.45. The molecular formula is C22H22Cl2N4OS. The number of amides is 1. The van der Waals surface area contributed by atoms with Gasteiger partial charge < -0.3 is 0 Å². The van der Waals surface area contributed by atoms with E-state index in [9.17, 15) is 4.79 Å². The third kappa shape index (κ3) is 4.22. The molecular weight excluding hydrogens is 439 g/mol. The first kappa shape index (κ1) is 21.2. The van der Waals surface area contributed by atoms with Gasteiger partial charge in [-0.1, -0.05) is 85.4 Å². The fourth-order valence-corrected chi connectivity index (χ4v) is 4.98. The summed E-state index contributed by atoms with van der Waals surface area (Å²) in [5.74, 6) is 0.699. The molecule has 0 spiro atoms. The number of carbonyl (C=O) groups is 1. The maximum absolute atomic E-state index is 13.1. The Bertz CT molecular complexity index is 1100. The molecule has 8 heteroatoms. The largest absolute Gasteiger partial charge is 0.298 e. The van der Waals surface area contributed by atoms with Gasteiger partial charge in [-0.25, -0.2) is 5.01 Å². The van der Waals surface area contributed by atoms with E-state index in [1.807, 2.05) is 24.3 Å². The van der Waals surface area contributed by atoms with Gasteiger partial charge in [0.25, 0.3) is 5.91 Å². The van der Waals surface area contributed by atoms with Crippen molar-refractivity contribution < 1.29 is 4.79 Å². The van der Waals surface area contributed by atoms with Crippen LogP contribution in [0.3, 0.4) is 0 Å². The van der Waals surface area contributed by atoms with Crippen molar-refractivity contribution in [2.45, 2.75) is 38.8 Å². The Hall–Kier alpha value is -2.02. The lowest BCUT2D eigenvalue weighted by atomic mass is 10.1. The first-order chi connectivity index (χ1) is 14.6. The molecule has 0 unspecified atom stereocenters. The van der Waals surface area contributed by atoms with E-state index in [-0.39, 0.29) is 5.91 Å². The van der Waals surface area contributed by atoms with Gasteiger partial charge in [-0.2, -0.15) is 0 Å². The minimum absolute atomic E-state index is 0.198. The summed E-state index contributed by atoms with van der Waals surface area (Å²) in [6.07, 6.45) is 4.04. The molecule has 0 saturated heterocycles. The lowest BCUT2D eigenvalue weighted by Crippen LogP contribution is -2.50. The Morgan fingerprint density at radius 1 is 1.07 bits per heavy atom. The zero-order valence-electron chi connectivity index (χ0n) is 16.6. The van der Waals surface area contributed by atoms with Crippen LogP contribution in [0.15, 0.2) is 52.6 Å². The van der Waals surface area contributed by atoms with Crippen molar-refractivity contribution in [2.75, 3.05) is 5.75 Å². The van der Waals surface area contributed by atoms with Gasteiger partial charge in [-0.05, 0) is 24.6 Å². The number of hydrogen-bond acceptors (Lipinski definition) is 5. The second-order valence-electron chi connectivity index (χ2n) is 7.12. The smallest absolute Gasteiger partial charge is 0.276 e. The van der Waals surface area contributed by atoms with Crippen molar-refractivity contribution in [3.05, 3.63) is 68.6 Å². The summed E-state index contributed by atoms with van der Waals surface area (Å²) < 4.78 is 0. The minimum atomic E-state index is -0.613. The summed E-state index contributed by atoms with van der Waals surface area (Å²) in [4.78, 5) is 17.9. The molecule has 4 rings (SSSR count). The number of nitrogens with one attached hydrogen (secondary N) is 1. The average Bonchev–Trinajstić information content (AvgIpc) is 2.73. The van der Waals surface area contributed by atoms with E-state index in [0.717, 1.165) is 17.4 Å². The molecule has 2 aliphatic rings. The monoisotopic (exact) mass is 460 g/mol. The van der Waals surface area contributed by atoms with Crippen LogP contribution in [0.5, 0.6) is 0 Å². The van der Waals surface area contributed by atoms with Crippen molar-refractivity contribution in [3.63, 3.8) is 0 Å². The van der Waals surface area contributed by atoms with Gasteiger partial charge in [-0.15, -0.1) is 5.10 Å². The molecule has 1 amide bonds. The molecule has 0 aliphatic carbocycles. The average molecular weight is 461 g/mol. The molecule has 1 atom stereocenters. The maximum Gasteiger partial charge on any atom is 0.276 e. The van der Waals surface area contributed by atoms with Crippen molar-refractivity contribution in [3.8, 4) is 0 Å². The number of rotatable bonds is 6. The molecule has 2 aromatic rings. The van der Waals surface area contributed by atoms with E-state index in [2.05, 4.69) is 12.2 Å². The summed E-state index contributed by atoms with van der Waals surface area (Å²) in [7, 11) is 0. The summed E-state index contributed by atoms with van der Waals surface area (Å²) in [5.41, 5.74) is 1.09. The second kappa shape index (κ2) is 9.41. The predicted molar refractivity (Wildman–Crippen MR) is 124 cm³/mol. The molecule has 0 saturated carbocycles.